The summed E-state index contributed by atoms with van der Waals surface area (Å²) in [4.78, 5) is 43.9. The van der Waals surface area contributed by atoms with E-state index in [1.807, 2.05) is 0 Å². The lowest BCUT2D eigenvalue weighted by Crippen LogP contribution is -2.37. The first-order chi connectivity index (χ1) is 11.3. The van der Waals surface area contributed by atoms with E-state index in [1.165, 1.54) is 24.3 Å². The number of nitrogens with zero attached hydrogens (tertiary/aromatic N) is 4. The van der Waals surface area contributed by atoms with E-state index in [0.717, 1.165) is 18.2 Å². The van der Waals surface area contributed by atoms with E-state index in [4.69, 9.17) is 0 Å². The molecule has 11 heteroatoms. The van der Waals surface area contributed by atoms with Crippen molar-refractivity contribution in [2.45, 2.75) is 0 Å². The number of hydrogen-bond acceptors (Lipinski definition) is 7. The van der Waals surface area contributed by atoms with E-state index in [0.29, 0.717) is 0 Å². The van der Waals surface area contributed by atoms with Crippen LogP contribution in [0.5, 0.6) is 0 Å². The summed E-state index contributed by atoms with van der Waals surface area (Å²) in [6, 6.07) is 9.61. The maximum atomic E-state index is 12.4. The molecule has 0 saturated carbocycles. The van der Waals surface area contributed by atoms with Crippen LogP contribution in [0.4, 0.5) is 17.1 Å². The zero-order valence-electron chi connectivity index (χ0n) is 11.8. The average Bonchev–Trinajstić information content (AvgIpc) is 2.55. The molecule has 0 unspecified atom stereocenters. The molecule has 0 aliphatic heterocycles. The number of para-hydroxylation sites is 1. The van der Waals surface area contributed by atoms with Crippen LogP contribution in [0.1, 0.15) is 10.4 Å². The van der Waals surface area contributed by atoms with Crippen LogP contribution in [0.25, 0.3) is 0 Å². The summed E-state index contributed by atoms with van der Waals surface area (Å²) in [6.45, 7) is 0. The van der Waals surface area contributed by atoms with Crippen LogP contribution >= 0.6 is 0 Å². The van der Waals surface area contributed by atoms with Crippen LogP contribution < -0.4 is 5.01 Å². The fourth-order valence-corrected chi connectivity index (χ4v) is 1.99. The van der Waals surface area contributed by atoms with Crippen molar-refractivity contribution in [3.63, 3.8) is 0 Å². The molecule has 0 saturated heterocycles. The zero-order valence-corrected chi connectivity index (χ0v) is 11.8. The first-order valence-corrected chi connectivity index (χ1v) is 6.30. The summed E-state index contributed by atoms with van der Waals surface area (Å²) < 4.78 is 0. The number of benzene rings is 2. The summed E-state index contributed by atoms with van der Waals surface area (Å²) in [5.41, 5.74) is -3.01. The topological polar surface area (TPSA) is 150 Å². The minimum Gasteiger partial charge on any atom is -0.262 e. The van der Waals surface area contributed by atoms with Gasteiger partial charge in [-0.25, -0.2) is 10.1 Å². The van der Waals surface area contributed by atoms with Crippen molar-refractivity contribution in [1.82, 2.24) is 0 Å². The molecular weight excluding hydrogens is 324 g/mol. The molecular formula is C13H8N4O7. The van der Waals surface area contributed by atoms with Crippen molar-refractivity contribution in [1.29, 1.82) is 0 Å². The van der Waals surface area contributed by atoms with Crippen molar-refractivity contribution in [3.8, 4) is 0 Å². The van der Waals surface area contributed by atoms with Gasteiger partial charge in [-0.15, -0.1) is 0 Å². The molecule has 24 heavy (non-hydrogen) atoms. The molecule has 0 aliphatic rings. The van der Waals surface area contributed by atoms with E-state index in [1.54, 1.807) is 6.07 Å². The molecule has 2 aromatic rings. The number of carbonyl (C=O) groups is 1. The number of nitro groups is 3. The standard InChI is InChI=1S/C13H8N4O7/c18-13(9-5-2-1-3-6-9)14(17(23)24)12-10(15(19)20)7-4-8-11(12)16(21)22/h1-8H. The van der Waals surface area contributed by atoms with Gasteiger partial charge in [-0.1, -0.05) is 18.2 Å². The summed E-state index contributed by atoms with van der Waals surface area (Å²) in [5.74, 6) is -1.24. The van der Waals surface area contributed by atoms with Crippen LogP contribution in [0.3, 0.4) is 0 Å². The molecule has 0 N–H and O–H groups in total. The molecule has 11 nitrogen and oxygen atoms in total. The van der Waals surface area contributed by atoms with Gasteiger partial charge in [0.05, 0.1) is 9.85 Å². The van der Waals surface area contributed by atoms with Crippen LogP contribution in [0.15, 0.2) is 48.5 Å². The van der Waals surface area contributed by atoms with Gasteiger partial charge in [-0.2, -0.15) is 0 Å². The molecule has 0 spiro atoms. The third kappa shape index (κ3) is 2.99. The Morgan fingerprint density at radius 2 is 1.29 bits per heavy atom. The fraction of sp³-hybridized carbons (Fsp3) is 0. The van der Waals surface area contributed by atoms with Crippen molar-refractivity contribution in [2.24, 2.45) is 0 Å². The van der Waals surface area contributed by atoms with Gasteiger partial charge in [0, 0.05) is 17.7 Å². The number of carbonyl (C=O) groups excluding carboxylic acids is 1. The number of amides is 1. The van der Waals surface area contributed by atoms with Gasteiger partial charge in [-0.05, 0) is 23.2 Å². The predicted octanol–water partition coefficient (Wildman–Crippen LogP) is 2.34. The van der Waals surface area contributed by atoms with Crippen LogP contribution in [-0.2, 0) is 0 Å². The van der Waals surface area contributed by atoms with E-state index in [-0.39, 0.29) is 10.6 Å². The molecule has 2 aromatic carbocycles. The molecule has 0 bridgehead atoms. The molecule has 0 fully saturated rings. The van der Waals surface area contributed by atoms with Gasteiger partial charge >= 0.3 is 17.3 Å². The Bertz CT molecular complexity index is 805. The minimum atomic E-state index is -1.24. The van der Waals surface area contributed by atoms with Gasteiger partial charge in [0.15, 0.2) is 5.03 Å². The van der Waals surface area contributed by atoms with Gasteiger partial charge in [0.1, 0.15) is 0 Å². The summed E-state index contributed by atoms with van der Waals surface area (Å²) in [5, 5.41) is 32.1. The summed E-state index contributed by atoms with van der Waals surface area (Å²) in [6.07, 6.45) is 0. The normalized spacial score (nSPS) is 10.0. The highest BCUT2D eigenvalue weighted by Gasteiger charge is 2.41. The average molecular weight is 332 g/mol. The lowest BCUT2D eigenvalue weighted by Gasteiger charge is -2.12. The monoisotopic (exact) mass is 332 g/mol. The Morgan fingerprint density at radius 1 is 0.792 bits per heavy atom. The highest BCUT2D eigenvalue weighted by molar-refractivity contribution is 6.07. The number of anilines is 1. The van der Waals surface area contributed by atoms with Gasteiger partial charge in [0.25, 0.3) is 5.69 Å². The second-order valence-corrected chi connectivity index (χ2v) is 4.38. The summed E-state index contributed by atoms with van der Waals surface area (Å²) in [7, 11) is 0. The Morgan fingerprint density at radius 3 is 1.71 bits per heavy atom. The molecule has 1 amide bonds. The molecule has 0 aromatic heterocycles. The molecule has 0 aliphatic carbocycles. The second kappa shape index (κ2) is 6.48. The van der Waals surface area contributed by atoms with E-state index >= 15 is 0 Å². The molecule has 2 rings (SSSR count). The van der Waals surface area contributed by atoms with Crippen molar-refractivity contribution in [2.75, 3.05) is 5.01 Å². The van der Waals surface area contributed by atoms with E-state index in [2.05, 4.69) is 0 Å². The SMILES string of the molecule is O=C(c1ccccc1)N(c1c([N+](=O)[O-])cccc1[N+](=O)[O-])[N+](=O)[O-]. The zero-order chi connectivity index (χ0) is 17.9. The highest BCUT2D eigenvalue weighted by Crippen LogP contribution is 2.37. The first kappa shape index (κ1) is 16.5. The van der Waals surface area contributed by atoms with Gasteiger partial charge < -0.3 is 0 Å². The third-order valence-corrected chi connectivity index (χ3v) is 2.98. The van der Waals surface area contributed by atoms with Crippen molar-refractivity contribution in [3.05, 3.63) is 84.4 Å². The lowest BCUT2D eigenvalue weighted by atomic mass is 10.1. The maximum Gasteiger partial charge on any atom is 0.320 e. The Kier molecular flexibility index (Phi) is 4.45. The highest BCUT2D eigenvalue weighted by atomic mass is 16.7. The quantitative estimate of drug-likeness (QED) is 0.602. The third-order valence-electron chi connectivity index (χ3n) is 2.98. The second-order valence-electron chi connectivity index (χ2n) is 4.38. The van der Waals surface area contributed by atoms with Crippen LogP contribution in [0.2, 0.25) is 0 Å². The molecule has 0 radical (unpaired) electrons. The smallest absolute Gasteiger partial charge is 0.262 e. The van der Waals surface area contributed by atoms with Crippen molar-refractivity contribution < 1.29 is 19.7 Å². The van der Waals surface area contributed by atoms with Crippen molar-refractivity contribution >= 4 is 23.0 Å². The predicted molar refractivity (Wildman–Crippen MR) is 80.0 cm³/mol. The van der Waals surface area contributed by atoms with E-state index in [9.17, 15) is 35.1 Å². The number of rotatable bonds is 5. The Hall–Kier alpha value is -3.89. The first-order valence-electron chi connectivity index (χ1n) is 6.30. The van der Waals surface area contributed by atoms with Crippen LogP contribution in [-0.4, -0.2) is 20.8 Å². The fourth-order valence-electron chi connectivity index (χ4n) is 1.99. The summed E-state index contributed by atoms with van der Waals surface area (Å²) >= 11 is 0. The molecule has 0 atom stereocenters. The number of hydrogen-bond donors (Lipinski definition) is 0. The minimum absolute atomic E-state index is 0.151. The van der Waals surface area contributed by atoms with Crippen LogP contribution in [0, 0.1) is 30.3 Å². The number of nitro benzene ring substituents is 2. The van der Waals surface area contributed by atoms with Gasteiger partial charge in [0.2, 0.25) is 0 Å². The van der Waals surface area contributed by atoms with Gasteiger partial charge in [-0.3, -0.25) is 25.0 Å². The van der Waals surface area contributed by atoms with E-state index < -0.39 is 37.8 Å². The maximum absolute atomic E-state index is 12.4. The Labute approximate surface area is 133 Å². The molecule has 122 valence electrons. The molecule has 0 heterocycles. The number of hydrazine groups is 1. The largest absolute Gasteiger partial charge is 0.320 e. The lowest BCUT2D eigenvalue weighted by molar-refractivity contribution is -0.484. The Balaban J connectivity index is 2.73.